The Balaban J connectivity index is 1.84. The third kappa shape index (κ3) is 2.97. The Kier molecular flexibility index (Phi) is 4.53. The Morgan fingerprint density at radius 3 is 2.36 bits per heavy atom. The van der Waals surface area contributed by atoms with Crippen molar-refractivity contribution >= 4 is 5.57 Å². The smallest absolute Gasteiger partial charge is 0.161 e. The van der Waals surface area contributed by atoms with Crippen molar-refractivity contribution in [3.05, 3.63) is 28.8 Å². The first-order chi connectivity index (χ1) is 12.1. The molecule has 1 heterocycles. The van der Waals surface area contributed by atoms with Gasteiger partial charge in [-0.2, -0.15) is 0 Å². The minimum atomic E-state index is 0.0326. The van der Waals surface area contributed by atoms with E-state index in [0.29, 0.717) is 0 Å². The second-order valence-corrected chi connectivity index (χ2v) is 8.48. The molecule has 0 aromatic heterocycles. The lowest BCUT2D eigenvalue weighted by atomic mass is 9.61. The van der Waals surface area contributed by atoms with Crippen LogP contribution in [0.2, 0.25) is 0 Å². The Labute approximate surface area is 151 Å². The van der Waals surface area contributed by atoms with Gasteiger partial charge < -0.3 is 15.1 Å². The fraction of sp³-hybridized carbons (Fsp3) is 0.636. The standard InChI is InChI=1S/C22H31NO2/c1-23-13-10-19-18(15-23)16-8-9-20(24)21(25)17(16)14-22(19)11-6-4-2-3-5-7-12-22/h8-9,24-25H,2-7,10-15H2,1H3. The van der Waals surface area contributed by atoms with Gasteiger partial charge in [0.15, 0.2) is 11.5 Å². The summed E-state index contributed by atoms with van der Waals surface area (Å²) in [5.74, 6) is 0.154. The molecule has 25 heavy (non-hydrogen) atoms. The molecular formula is C22H31NO2. The van der Waals surface area contributed by atoms with Crippen LogP contribution in [0.4, 0.5) is 0 Å². The van der Waals surface area contributed by atoms with Crippen LogP contribution in [-0.4, -0.2) is 35.3 Å². The van der Waals surface area contributed by atoms with Crippen LogP contribution in [0.25, 0.3) is 5.57 Å². The highest BCUT2D eigenvalue weighted by molar-refractivity contribution is 5.79. The summed E-state index contributed by atoms with van der Waals surface area (Å²) in [5, 5.41) is 20.7. The van der Waals surface area contributed by atoms with Gasteiger partial charge in [0.05, 0.1) is 0 Å². The Morgan fingerprint density at radius 2 is 1.64 bits per heavy atom. The number of rotatable bonds is 0. The second kappa shape index (κ2) is 6.68. The molecule has 1 saturated carbocycles. The third-order valence-corrected chi connectivity index (χ3v) is 6.84. The zero-order chi connectivity index (χ0) is 17.4. The Morgan fingerprint density at radius 1 is 0.960 bits per heavy atom. The number of hydrogen-bond donors (Lipinski definition) is 2. The van der Waals surface area contributed by atoms with Crippen molar-refractivity contribution < 1.29 is 10.2 Å². The third-order valence-electron chi connectivity index (χ3n) is 6.84. The van der Waals surface area contributed by atoms with E-state index in [2.05, 4.69) is 11.9 Å². The largest absolute Gasteiger partial charge is 0.504 e. The maximum absolute atomic E-state index is 10.6. The lowest BCUT2D eigenvalue weighted by Gasteiger charge is -2.46. The topological polar surface area (TPSA) is 43.7 Å². The van der Waals surface area contributed by atoms with Crippen LogP contribution >= 0.6 is 0 Å². The molecule has 3 heteroatoms. The summed E-state index contributed by atoms with van der Waals surface area (Å²) in [6, 6.07) is 3.69. The van der Waals surface area contributed by atoms with Gasteiger partial charge in [-0.3, -0.25) is 0 Å². The molecule has 3 aliphatic rings. The van der Waals surface area contributed by atoms with Gasteiger partial charge in [0.25, 0.3) is 0 Å². The van der Waals surface area contributed by atoms with E-state index in [-0.39, 0.29) is 16.9 Å². The maximum atomic E-state index is 10.6. The molecule has 1 aliphatic heterocycles. The molecule has 0 unspecified atom stereocenters. The molecule has 0 bridgehead atoms. The van der Waals surface area contributed by atoms with Crippen LogP contribution in [-0.2, 0) is 6.42 Å². The van der Waals surface area contributed by atoms with Crippen LogP contribution in [0.3, 0.4) is 0 Å². The molecule has 4 rings (SSSR count). The SMILES string of the molecule is CN1CCC2=C(C1)c1ccc(O)c(O)c1CC21CCCCCCCC1. The van der Waals surface area contributed by atoms with Gasteiger partial charge in [-0.05, 0) is 55.3 Å². The van der Waals surface area contributed by atoms with E-state index < -0.39 is 0 Å². The van der Waals surface area contributed by atoms with Gasteiger partial charge in [-0.15, -0.1) is 0 Å². The molecule has 3 nitrogen and oxygen atoms in total. The Hall–Kier alpha value is -1.48. The van der Waals surface area contributed by atoms with Crippen molar-refractivity contribution in [3.63, 3.8) is 0 Å². The summed E-state index contributed by atoms with van der Waals surface area (Å²) in [7, 11) is 2.19. The van der Waals surface area contributed by atoms with Crippen molar-refractivity contribution in [1.29, 1.82) is 0 Å². The summed E-state index contributed by atoms with van der Waals surface area (Å²) >= 11 is 0. The number of benzene rings is 1. The van der Waals surface area contributed by atoms with Gasteiger partial charge in [-0.1, -0.05) is 50.2 Å². The van der Waals surface area contributed by atoms with E-state index in [9.17, 15) is 10.2 Å². The van der Waals surface area contributed by atoms with Crippen LogP contribution in [0.15, 0.2) is 17.7 Å². The molecule has 1 aromatic carbocycles. The summed E-state index contributed by atoms with van der Waals surface area (Å²) in [5.41, 5.74) is 5.49. The average Bonchev–Trinajstić information content (AvgIpc) is 2.71. The van der Waals surface area contributed by atoms with Crippen LogP contribution in [0.5, 0.6) is 11.5 Å². The molecule has 0 radical (unpaired) electrons. The zero-order valence-corrected chi connectivity index (χ0v) is 15.5. The molecule has 1 spiro atoms. The van der Waals surface area contributed by atoms with Crippen molar-refractivity contribution in [2.45, 2.75) is 64.2 Å². The van der Waals surface area contributed by atoms with Gasteiger partial charge in [0.2, 0.25) is 0 Å². The first-order valence-corrected chi connectivity index (χ1v) is 10.1. The van der Waals surface area contributed by atoms with Gasteiger partial charge >= 0.3 is 0 Å². The fourth-order valence-corrected chi connectivity index (χ4v) is 5.50. The van der Waals surface area contributed by atoms with E-state index in [1.165, 1.54) is 62.5 Å². The lowest BCUT2D eigenvalue weighted by Crippen LogP contribution is -2.38. The van der Waals surface area contributed by atoms with E-state index in [1.54, 1.807) is 11.6 Å². The van der Waals surface area contributed by atoms with Crippen molar-refractivity contribution in [3.8, 4) is 11.5 Å². The molecule has 0 atom stereocenters. The molecule has 0 amide bonds. The average molecular weight is 341 g/mol. The molecule has 0 saturated heterocycles. The first kappa shape index (κ1) is 17.0. The summed E-state index contributed by atoms with van der Waals surface area (Å²) in [6.45, 7) is 2.11. The molecule has 2 N–H and O–H groups in total. The number of aromatic hydroxyl groups is 2. The van der Waals surface area contributed by atoms with Crippen LogP contribution in [0.1, 0.15) is 68.9 Å². The second-order valence-electron chi connectivity index (χ2n) is 8.48. The number of likely N-dealkylation sites (N-methyl/N-ethyl adjacent to an activating group) is 1. The number of phenols is 2. The van der Waals surface area contributed by atoms with Crippen molar-refractivity contribution in [2.24, 2.45) is 5.41 Å². The number of fused-ring (bicyclic) bond motifs is 3. The van der Waals surface area contributed by atoms with Gasteiger partial charge in [0, 0.05) is 18.7 Å². The number of nitrogens with zero attached hydrogens (tertiary/aromatic N) is 1. The zero-order valence-electron chi connectivity index (χ0n) is 15.5. The molecule has 1 fully saturated rings. The van der Waals surface area contributed by atoms with E-state index >= 15 is 0 Å². The molecular weight excluding hydrogens is 310 g/mol. The summed E-state index contributed by atoms with van der Waals surface area (Å²) in [6.07, 6.45) is 12.5. The maximum Gasteiger partial charge on any atom is 0.161 e. The van der Waals surface area contributed by atoms with Crippen molar-refractivity contribution in [2.75, 3.05) is 20.1 Å². The highest BCUT2D eigenvalue weighted by Gasteiger charge is 2.42. The molecule has 136 valence electrons. The van der Waals surface area contributed by atoms with Crippen LogP contribution in [0, 0.1) is 5.41 Å². The van der Waals surface area contributed by atoms with E-state index in [4.69, 9.17) is 0 Å². The number of phenolic OH excluding ortho intramolecular Hbond substituents is 2. The number of hydrogen-bond acceptors (Lipinski definition) is 3. The lowest BCUT2D eigenvalue weighted by molar-refractivity contribution is 0.245. The van der Waals surface area contributed by atoms with Crippen molar-refractivity contribution in [1.82, 2.24) is 4.90 Å². The van der Waals surface area contributed by atoms with Gasteiger partial charge in [0.1, 0.15) is 0 Å². The normalized spacial score (nSPS) is 24.2. The fourth-order valence-electron chi connectivity index (χ4n) is 5.50. The summed E-state index contributed by atoms with van der Waals surface area (Å²) < 4.78 is 0. The summed E-state index contributed by atoms with van der Waals surface area (Å²) in [4.78, 5) is 2.39. The van der Waals surface area contributed by atoms with Gasteiger partial charge in [-0.25, -0.2) is 0 Å². The molecule has 2 aliphatic carbocycles. The monoisotopic (exact) mass is 341 g/mol. The Bertz CT molecular complexity index is 682. The van der Waals surface area contributed by atoms with E-state index in [1.807, 2.05) is 6.07 Å². The highest BCUT2D eigenvalue weighted by Crippen LogP contribution is 2.54. The minimum absolute atomic E-state index is 0.0326. The predicted molar refractivity (Wildman–Crippen MR) is 102 cm³/mol. The van der Waals surface area contributed by atoms with Crippen LogP contribution < -0.4 is 0 Å². The van der Waals surface area contributed by atoms with E-state index in [0.717, 1.165) is 31.5 Å². The quantitative estimate of drug-likeness (QED) is 0.662. The highest BCUT2D eigenvalue weighted by atomic mass is 16.3. The molecule has 1 aromatic rings. The first-order valence-electron chi connectivity index (χ1n) is 10.1. The minimum Gasteiger partial charge on any atom is -0.504 e. The predicted octanol–water partition coefficient (Wildman–Crippen LogP) is 4.86.